The summed E-state index contributed by atoms with van der Waals surface area (Å²) in [5.41, 5.74) is 2.63. The zero-order chi connectivity index (χ0) is 11.5. The predicted molar refractivity (Wildman–Crippen MR) is 70.3 cm³/mol. The van der Waals surface area contributed by atoms with Crippen LogP contribution < -0.4 is 10.1 Å². The minimum absolute atomic E-state index is 0.608. The Morgan fingerprint density at radius 2 is 2.25 bits per heavy atom. The third kappa shape index (κ3) is 2.41. The minimum atomic E-state index is 0.608. The maximum atomic E-state index is 5.34. The van der Waals surface area contributed by atoms with Gasteiger partial charge in [-0.15, -0.1) is 0 Å². The lowest BCUT2D eigenvalue weighted by molar-refractivity contribution is 0.410. The Labute approximate surface area is 106 Å². The van der Waals surface area contributed by atoms with Crippen LogP contribution in [0.3, 0.4) is 0 Å². The summed E-state index contributed by atoms with van der Waals surface area (Å²) in [5, 5.41) is 3.46. The van der Waals surface area contributed by atoms with E-state index in [0.717, 1.165) is 18.8 Å². The van der Waals surface area contributed by atoms with Gasteiger partial charge in [0.1, 0.15) is 5.75 Å². The summed E-state index contributed by atoms with van der Waals surface area (Å²) < 4.78 is 6.58. The van der Waals surface area contributed by atoms with Crippen LogP contribution in [0.2, 0.25) is 0 Å². The van der Waals surface area contributed by atoms with E-state index in [9.17, 15) is 0 Å². The molecule has 2 nitrogen and oxygen atoms in total. The van der Waals surface area contributed by atoms with Gasteiger partial charge in [0.25, 0.3) is 0 Å². The molecule has 1 fully saturated rings. The lowest BCUT2D eigenvalue weighted by Gasteiger charge is -2.25. The molecular weight excluding hydrogens is 266 g/mol. The SMILES string of the molecule is COc1cc(C)c(Br)c(C2CCCNC2)c1. The van der Waals surface area contributed by atoms with Crippen LogP contribution in [-0.4, -0.2) is 20.2 Å². The molecule has 0 radical (unpaired) electrons. The molecule has 0 spiro atoms. The first-order valence-corrected chi connectivity index (χ1v) is 6.56. The van der Waals surface area contributed by atoms with Crippen molar-refractivity contribution in [1.29, 1.82) is 0 Å². The quantitative estimate of drug-likeness (QED) is 0.900. The van der Waals surface area contributed by atoms with Gasteiger partial charge < -0.3 is 10.1 Å². The van der Waals surface area contributed by atoms with Gasteiger partial charge in [-0.3, -0.25) is 0 Å². The molecule has 0 amide bonds. The van der Waals surface area contributed by atoms with E-state index in [0.29, 0.717) is 5.92 Å². The van der Waals surface area contributed by atoms with Crippen molar-refractivity contribution in [1.82, 2.24) is 5.32 Å². The molecule has 2 rings (SSSR count). The number of benzene rings is 1. The highest BCUT2D eigenvalue weighted by Gasteiger charge is 2.19. The largest absolute Gasteiger partial charge is 0.497 e. The molecule has 1 aliphatic rings. The Morgan fingerprint density at radius 1 is 1.44 bits per heavy atom. The van der Waals surface area contributed by atoms with Crippen molar-refractivity contribution in [2.45, 2.75) is 25.7 Å². The molecule has 1 N–H and O–H groups in total. The molecule has 1 aliphatic heterocycles. The van der Waals surface area contributed by atoms with Crippen molar-refractivity contribution in [2.75, 3.05) is 20.2 Å². The van der Waals surface area contributed by atoms with E-state index in [1.54, 1.807) is 7.11 Å². The summed E-state index contributed by atoms with van der Waals surface area (Å²) in [6.45, 7) is 4.34. The van der Waals surface area contributed by atoms with Crippen molar-refractivity contribution < 1.29 is 4.74 Å². The number of ether oxygens (including phenoxy) is 1. The standard InChI is InChI=1S/C13H18BrNO/c1-9-6-11(16-2)7-12(13(9)14)10-4-3-5-15-8-10/h6-7,10,15H,3-5,8H2,1-2H3. The van der Waals surface area contributed by atoms with E-state index in [-0.39, 0.29) is 0 Å². The molecule has 16 heavy (non-hydrogen) atoms. The van der Waals surface area contributed by atoms with E-state index in [4.69, 9.17) is 4.74 Å². The molecule has 0 bridgehead atoms. The highest BCUT2D eigenvalue weighted by Crippen LogP contribution is 2.34. The zero-order valence-electron chi connectivity index (χ0n) is 9.85. The van der Waals surface area contributed by atoms with Gasteiger partial charge in [-0.25, -0.2) is 0 Å². The third-order valence-electron chi connectivity index (χ3n) is 3.23. The molecule has 1 atom stereocenters. The number of halogens is 1. The van der Waals surface area contributed by atoms with Gasteiger partial charge in [-0.2, -0.15) is 0 Å². The van der Waals surface area contributed by atoms with E-state index in [1.165, 1.54) is 28.4 Å². The van der Waals surface area contributed by atoms with Crippen molar-refractivity contribution >= 4 is 15.9 Å². The van der Waals surface area contributed by atoms with Gasteiger partial charge in [0.05, 0.1) is 7.11 Å². The van der Waals surface area contributed by atoms with Crippen molar-refractivity contribution in [2.24, 2.45) is 0 Å². The second-order valence-electron chi connectivity index (χ2n) is 4.39. The van der Waals surface area contributed by atoms with Gasteiger partial charge in [-0.05, 0) is 55.5 Å². The molecule has 1 aromatic rings. The first-order valence-electron chi connectivity index (χ1n) is 5.77. The van der Waals surface area contributed by atoms with Gasteiger partial charge in [0.2, 0.25) is 0 Å². The fraction of sp³-hybridized carbons (Fsp3) is 0.538. The average molecular weight is 284 g/mol. The molecule has 1 unspecified atom stereocenters. The number of hydrogen-bond donors (Lipinski definition) is 1. The van der Waals surface area contributed by atoms with E-state index < -0.39 is 0 Å². The van der Waals surface area contributed by atoms with Crippen LogP contribution in [0.15, 0.2) is 16.6 Å². The fourth-order valence-corrected chi connectivity index (χ4v) is 2.85. The Bertz CT molecular complexity index is 372. The Hall–Kier alpha value is -0.540. The van der Waals surface area contributed by atoms with Crippen LogP contribution in [0.25, 0.3) is 0 Å². The molecule has 1 aromatic carbocycles. The normalized spacial score (nSPS) is 20.8. The molecule has 3 heteroatoms. The average Bonchev–Trinajstić information content (AvgIpc) is 2.33. The molecule has 88 valence electrons. The zero-order valence-corrected chi connectivity index (χ0v) is 11.4. The number of hydrogen-bond acceptors (Lipinski definition) is 2. The number of aryl methyl sites for hydroxylation is 1. The lowest BCUT2D eigenvalue weighted by atomic mass is 9.90. The molecule has 0 aliphatic carbocycles. The maximum absolute atomic E-state index is 5.34. The molecule has 1 saturated heterocycles. The Balaban J connectivity index is 2.33. The third-order valence-corrected chi connectivity index (χ3v) is 4.31. The monoisotopic (exact) mass is 283 g/mol. The minimum Gasteiger partial charge on any atom is -0.497 e. The van der Waals surface area contributed by atoms with Crippen LogP contribution in [0, 0.1) is 6.92 Å². The summed E-state index contributed by atoms with van der Waals surface area (Å²) in [6, 6.07) is 4.23. The molecule has 1 heterocycles. The summed E-state index contributed by atoms with van der Waals surface area (Å²) in [5.74, 6) is 1.57. The topological polar surface area (TPSA) is 21.3 Å². The van der Waals surface area contributed by atoms with Gasteiger partial charge in [-0.1, -0.05) is 15.9 Å². The second-order valence-corrected chi connectivity index (χ2v) is 5.18. The lowest BCUT2D eigenvalue weighted by Crippen LogP contribution is -2.28. The summed E-state index contributed by atoms with van der Waals surface area (Å²) in [6.07, 6.45) is 2.52. The molecular formula is C13H18BrNO. The highest BCUT2D eigenvalue weighted by molar-refractivity contribution is 9.10. The molecule has 0 aromatic heterocycles. The predicted octanol–water partition coefficient (Wildman–Crippen LogP) is 3.23. The van der Waals surface area contributed by atoms with Crippen LogP contribution in [0.1, 0.15) is 29.9 Å². The van der Waals surface area contributed by atoms with E-state index in [2.05, 4.69) is 40.3 Å². The Morgan fingerprint density at radius 3 is 2.88 bits per heavy atom. The van der Waals surface area contributed by atoms with Crippen molar-refractivity contribution in [3.05, 3.63) is 27.7 Å². The fourth-order valence-electron chi connectivity index (χ4n) is 2.29. The second kappa shape index (κ2) is 5.19. The summed E-state index contributed by atoms with van der Waals surface area (Å²) >= 11 is 3.70. The smallest absolute Gasteiger partial charge is 0.119 e. The number of piperidine rings is 1. The summed E-state index contributed by atoms with van der Waals surface area (Å²) in [4.78, 5) is 0. The van der Waals surface area contributed by atoms with Gasteiger partial charge in [0.15, 0.2) is 0 Å². The van der Waals surface area contributed by atoms with Crippen molar-refractivity contribution in [3.63, 3.8) is 0 Å². The van der Waals surface area contributed by atoms with Crippen molar-refractivity contribution in [3.8, 4) is 5.75 Å². The number of rotatable bonds is 2. The maximum Gasteiger partial charge on any atom is 0.119 e. The number of nitrogens with one attached hydrogen (secondary N) is 1. The van der Waals surface area contributed by atoms with Crippen LogP contribution in [-0.2, 0) is 0 Å². The highest BCUT2D eigenvalue weighted by atomic mass is 79.9. The van der Waals surface area contributed by atoms with Gasteiger partial charge >= 0.3 is 0 Å². The van der Waals surface area contributed by atoms with E-state index >= 15 is 0 Å². The Kier molecular flexibility index (Phi) is 3.87. The number of methoxy groups -OCH3 is 1. The van der Waals surface area contributed by atoms with Gasteiger partial charge in [0, 0.05) is 11.0 Å². The first-order chi connectivity index (χ1) is 7.72. The summed E-state index contributed by atoms with van der Waals surface area (Å²) in [7, 11) is 1.73. The van der Waals surface area contributed by atoms with Crippen LogP contribution >= 0.6 is 15.9 Å². The molecule has 0 saturated carbocycles. The van der Waals surface area contributed by atoms with E-state index in [1.807, 2.05) is 0 Å². The first kappa shape index (κ1) is 11.9. The van der Waals surface area contributed by atoms with Crippen LogP contribution in [0.5, 0.6) is 5.75 Å². The van der Waals surface area contributed by atoms with Crippen LogP contribution in [0.4, 0.5) is 0 Å².